The first-order chi connectivity index (χ1) is 9.52. The molecule has 1 aromatic rings. The molecule has 20 heavy (non-hydrogen) atoms. The summed E-state index contributed by atoms with van der Waals surface area (Å²) in [5.74, 6) is 0.618. The normalized spacial score (nSPS) is 10.2. The maximum absolute atomic E-state index is 12.4. The smallest absolute Gasteiger partial charge is 0.293 e. The Morgan fingerprint density at radius 1 is 1.50 bits per heavy atom. The van der Waals surface area contributed by atoms with Crippen LogP contribution in [0.1, 0.15) is 17.3 Å². The SMILES string of the molecule is CCNc1c(C(=O)N(C)CCSC)cccc1[N+](=O)[O-]. The lowest BCUT2D eigenvalue weighted by molar-refractivity contribution is -0.384. The second kappa shape index (κ2) is 7.74. The van der Waals surface area contributed by atoms with Crippen LogP contribution >= 0.6 is 11.8 Å². The van der Waals surface area contributed by atoms with Gasteiger partial charge in [0.2, 0.25) is 0 Å². The van der Waals surface area contributed by atoms with Crippen LogP contribution in [0.15, 0.2) is 18.2 Å². The predicted octanol–water partition coefficient (Wildman–Crippen LogP) is 2.46. The van der Waals surface area contributed by atoms with Crippen LogP contribution in [0.3, 0.4) is 0 Å². The summed E-state index contributed by atoms with van der Waals surface area (Å²) < 4.78 is 0. The van der Waals surface area contributed by atoms with Crippen LogP contribution in [0.25, 0.3) is 0 Å². The molecular formula is C13H19N3O3S. The van der Waals surface area contributed by atoms with E-state index in [4.69, 9.17) is 0 Å². The quantitative estimate of drug-likeness (QED) is 0.618. The number of nitrogens with zero attached hydrogens (tertiary/aromatic N) is 2. The van der Waals surface area contributed by atoms with Crippen LogP contribution in [0.4, 0.5) is 11.4 Å². The zero-order valence-corrected chi connectivity index (χ0v) is 12.7. The first kappa shape index (κ1) is 16.3. The second-order valence-corrected chi connectivity index (χ2v) is 5.19. The van der Waals surface area contributed by atoms with E-state index in [1.165, 1.54) is 12.1 Å². The molecule has 1 N–H and O–H groups in total. The number of thioether (sulfide) groups is 1. The maximum Gasteiger partial charge on any atom is 0.293 e. The molecule has 0 unspecified atom stereocenters. The van der Waals surface area contributed by atoms with Crippen molar-refractivity contribution in [2.24, 2.45) is 0 Å². The Bertz CT molecular complexity index is 494. The number of benzene rings is 1. The van der Waals surface area contributed by atoms with E-state index in [1.54, 1.807) is 29.8 Å². The van der Waals surface area contributed by atoms with Crippen LogP contribution < -0.4 is 5.32 Å². The third-order valence-corrected chi connectivity index (χ3v) is 3.39. The van der Waals surface area contributed by atoms with E-state index in [0.29, 0.717) is 24.3 Å². The van der Waals surface area contributed by atoms with Gasteiger partial charge < -0.3 is 10.2 Å². The van der Waals surface area contributed by atoms with Crippen molar-refractivity contribution in [3.8, 4) is 0 Å². The number of carbonyl (C=O) groups excluding carboxylic acids is 1. The molecule has 110 valence electrons. The summed E-state index contributed by atoms with van der Waals surface area (Å²) in [4.78, 5) is 24.5. The average Bonchev–Trinajstić information content (AvgIpc) is 2.44. The van der Waals surface area contributed by atoms with Gasteiger partial charge in [-0.3, -0.25) is 14.9 Å². The minimum atomic E-state index is -0.476. The van der Waals surface area contributed by atoms with Gasteiger partial charge in [-0.25, -0.2) is 0 Å². The summed E-state index contributed by atoms with van der Waals surface area (Å²) in [5.41, 5.74) is 0.557. The number of carbonyl (C=O) groups is 1. The van der Waals surface area contributed by atoms with Crippen LogP contribution in [-0.2, 0) is 0 Å². The highest BCUT2D eigenvalue weighted by Crippen LogP contribution is 2.28. The number of para-hydroxylation sites is 1. The average molecular weight is 297 g/mol. The Hall–Kier alpha value is -1.76. The Labute approximate surface area is 122 Å². The third kappa shape index (κ3) is 3.86. The highest BCUT2D eigenvalue weighted by atomic mass is 32.2. The van der Waals surface area contributed by atoms with E-state index >= 15 is 0 Å². The van der Waals surface area contributed by atoms with Crippen LogP contribution in [0.5, 0.6) is 0 Å². The van der Waals surface area contributed by atoms with Gasteiger partial charge in [-0.2, -0.15) is 11.8 Å². The molecule has 0 radical (unpaired) electrons. The van der Waals surface area contributed by atoms with Gasteiger partial charge in [0.25, 0.3) is 11.6 Å². The van der Waals surface area contributed by atoms with Crippen molar-refractivity contribution in [2.45, 2.75) is 6.92 Å². The summed E-state index contributed by atoms with van der Waals surface area (Å²) in [6, 6.07) is 4.55. The highest BCUT2D eigenvalue weighted by Gasteiger charge is 2.22. The molecule has 0 fully saturated rings. The number of nitro benzene ring substituents is 1. The molecule has 0 bridgehead atoms. The van der Waals surface area contributed by atoms with Crippen molar-refractivity contribution in [1.29, 1.82) is 0 Å². The third-order valence-electron chi connectivity index (χ3n) is 2.80. The zero-order valence-electron chi connectivity index (χ0n) is 11.9. The lowest BCUT2D eigenvalue weighted by Crippen LogP contribution is -2.29. The van der Waals surface area contributed by atoms with Crippen molar-refractivity contribution in [3.05, 3.63) is 33.9 Å². The van der Waals surface area contributed by atoms with Gasteiger partial charge in [-0.15, -0.1) is 0 Å². The Morgan fingerprint density at radius 3 is 2.75 bits per heavy atom. The molecule has 6 nitrogen and oxygen atoms in total. The number of hydrogen-bond donors (Lipinski definition) is 1. The van der Waals surface area contributed by atoms with Gasteiger partial charge in [0.05, 0.1) is 10.5 Å². The van der Waals surface area contributed by atoms with Crippen molar-refractivity contribution >= 4 is 29.0 Å². The maximum atomic E-state index is 12.4. The molecule has 0 saturated heterocycles. The largest absolute Gasteiger partial charge is 0.379 e. The fourth-order valence-electron chi connectivity index (χ4n) is 1.77. The van der Waals surface area contributed by atoms with Crippen molar-refractivity contribution in [2.75, 3.05) is 37.5 Å². The molecule has 0 spiro atoms. The predicted molar refractivity (Wildman–Crippen MR) is 82.6 cm³/mol. The topological polar surface area (TPSA) is 75.5 Å². The van der Waals surface area contributed by atoms with E-state index in [-0.39, 0.29) is 11.6 Å². The van der Waals surface area contributed by atoms with Crippen molar-refractivity contribution in [3.63, 3.8) is 0 Å². The molecular weight excluding hydrogens is 278 g/mol. The molecule has 0 atom stereocenters. The van der Waals surface area contributed by atoms with E-state index in [9.17, 15) is 14.9 Å². The lowest BCUT2D eigenvalue weighted by atomic mass is 10.1. The van der Waals surface area contributed by atoms with Gasteiger partial charge in [0.15, 0.2) is 0 Å². The molecule has 0 aliphatic carbocycles. The number of rotatable bonds is 7. The molecule has 0 aliphatic heterocycles. The number of hydrogen-bond acceptors (Lipinski definition) is 5. The van der Waals surface area contributed by atoms with E-state index in [1.807, 2.05) is 13.2 Å². The zero-order chi connectivity index (χ0) is 15.1. The first-order valence-electron chi connectivity index (χ1n) is 6.28. The number of anilines is 1. The Balaban J connectivity index is 3.13. The molecule has 7 heteroatoms. The van der Waals surface area contributed by atoms with E-state index in [2.05, 4.69) is 5.32 Å². The van der Waals surface area contributed by atoms with Crippen LogP contribution in [0.2, 0.25) is 0 Å². The van der Waals surface area contributed by atoms with Gasteiger partial charge in [0.1, 0.15) is 5.69 Å². The standard InChI is InChI=1S/C13H19N3O3S/c1-4-14-12-10(6-5-7-11(12)16(18)19)13(17)15(2)8-9-20-3/h5-7,14H,4,8-9H2,1-3H3. The Kier molecular flexibility index (Phi) is 6.30. The highest BCUT2D eigenvalue weighted by molar-refractivity contribution is 7.98. The monoisotopic (exact) mass is 297 g/mol. The molecule has 1 aromatic carbocycles. The number of amides is 1. The fourth-order valence-corrected chi connectivity index (χ4v) is 2.22. The molecule has 0 heterocycles. The van der Waals surface area contributed by atoms with Crippen molar-refractivity contribution in [1.82, 2.24) is 4.90 Å². The fraction of sp³-hybridized carbons (Fsp3) is 0.462. The number of nitrogens with one attached hydrogen (secondary N) is 1. The van der Waals surface area contributed by atoms with Crippen LogP contribution in [0, 0.1) is 10.1 Å². The van der Waals surface area contributed by atoms with Crippen LogP contribution in [-0.4, -0.2) is 47.9 Å². The van der Waals surface area contributed by atoms with Gasteiger partial charge in [0, 0.05) is 32.0 Å². The van der Waals surface area contributed by atoms with Crippen molar-refractivity contribution < 1.29 is 9.72 Å². The lowest BCUT2D eigenvalue weighted by Gasteiger charge is -2.18. The summed E-state index contributed by atoms with van der Waals surface area (Å²) in [6.45, 7) is 2.95. The Morgan fingerprint density at radius 2 is 2.20 bits per heavy atom. The van der Waals surface area contributed by atoms with Gasteiger partial charge >= 0.3 is 0 Å². The van der Waals surface area contributed by atoms with Gasteiger partial charge in [-0.1, -0.05) is 6.07 Å². The first-order valence-corrected chi connectivity index (χ1v) is 7.68. The van der Waals surface area contributed by atoms with E-state index in [0.717, 1.165) is 5.75 Å². The van der Waals surface area contributed by atoms with E-state index < -0.39 is 4.92 Å². The summed E-state index contributed by atoms with van der Waals surface area (Å²) >= 11 is 1.65. The molecule has 1 amide bonds. The second-order valence-electron chi connectivity index (χ2n) is 4.21. The molecule has 1 rings (SSSR count). The summed E-state index contributed by atoms with van der Waals surface area (Å²) in [7, 11) is 1.70. The molecule has 0 aliphatic rings. The minimum absolute atomic E-state index is 0.0732. The minimum Gasteiger partial charge on any atom is -0.379 e. The molecule has 0 saturated carbocycles. The number of nitro groups is 1. The summed E-state index contributed by atoms with van der Waals surface area (Å²) in [5, 5.41) is 14.0. The molecule has 0 aromatic heterocycles. The summed E-state index contributed by atoms with van der Waals surface area (Å²) in [6.07, 6.45) is 1.97. The van der Waals surface area contributed by atoms with Gasteiger partial charge in [-0.05, 0) is 19.2 Å².